The first-order valence-corrected chi connectivity index (χ1v) is 15.0. The highest BCUT2D eigenvalue weighted by Gasteiger charge is 2.29. The van der Waals surface area contributed by atoms with Crippen LogP contribution in [0.5, 0.6) is 0 Å². The van der Waals surface area contributed by atoms with Gasteiger partial charge in [0, 0.05) is 18.7 Å². The molecule has 0 atom stereocenters. The highest BCUT2D eigenvalue weighted by molar-refractivity contribution is 7.89. The summed E-state index contributed by atoms with van der Waals surface area (Å²) in [6.07, 6.45) is 2.67. The van der Waals surface area contributed by atoms with Crippen molar-refractivity contribution in [2.75, 3.05) is 18.0 Å². The van der Waals surface area contributed by atoms with Crippen molar-refractivity contribution < 1.29 is 13.2 Å². The molecule has 0 bridgehead atoms. The second-order valence-electron chi connectivity index (χ2n) is 9.64. The fraction of sp³-hybridized carbons (Fsp3) is 0.310. The smallest absolute Gasteiger partial charge is 0.260 e. The zero-order valence-corrected chi connectivity index (χ0v) is 22.8. The number of sulfonamides is 1. The molecule has 1 fully saturated rings. The number of hydrogen-bond donors (Lipinski definition) is 0. The predicted octanol–water partition coefficient (Wildman–Crippen LogP) is 6.13. The molecule has 1 aromatic heterocycles. The van der Waals surface area contributed by atoms with Gasteiger partial charge in [0.25, 0.3) is 5.91 Å². The quantitative estimate of drug-likeness (QED) is 0.287. The van der Waals surface area contributed by atoms with Crippen LogP contribution >= 0.6 is 11.3 Å². The number of hydrogen-bond acceptors (Lipinski definition) is 5. The van der Waals surface area contributed by atoms with Crippen molar-refractivity contribution in [2.24, 2.45) is 5.92 Å². The summed E-state index contributed by atoms with van der Waals surface area (Å²) in [6.45, 7) is 5.70. The molecule has 1 aliphatic rings. The Morgan fingerprint density at radius 3 is 2.38 bits per heavy atom. The van der Waals surface area contributed by atoms with Crippen LogP contribution in [-0.4, -0.2) is 36.7 Å². The first-order valence-electron chi connectivity index (χ1n) is 12.7. The topological polar surface area (TPSA) is 70.6 Å². The van der Waals surface area contributed by atoms with Crippen LogP contribution in [0.3, 0.4) is 0 Å². The van der Waals surface area contributed by atoms with Gasteiger partial charge in [-0.05, 0) is 72.7 Å². The largest absolute Gasteiger partial charge is 0.279 e. The predicted molar refractivity (Wildman–Crippen MR) is 150 cm³/mol. The van der Waals surface area contributed by atoms with E-state index >= 15 is 0 Å². The molecule has 1 amide bonds. The van der Waals surface area contributed by atoms with Crippen LogP contribution in [0.2, 0.25) is 0 Å². The van der Waals surface area contributed by atoms with E-state index in [0.29, 0.717) is 36.2 Å². The lowest BCUT2D eigenvalue weighted by atomic mass is 10.0. The van der Waals surface area contributed by atoms with E-state index in [1.807, 2.05) is 36.4 Å². The molecule has 4 aromatic rings. The molecule has 1 aliphatic heterocycles. The standard InChI is InChI=1S/C29H31N3O3S2/c1-3-22-9-14-26-27(19-22)36-29(30-26)32(20-23-7-5-4-6-8-23)28(33)24-10-12-25(13-11-24)37(34,35)31-17-15-21(2)16-18-31/h4-14,19,21H,3,15-18,20H2,1-2H3. The van der Waals surface area contributed by atoms with E-state index in [1.165, 1.54) is 16.9 Å². The number of fused-ring (bicyclic) bond motifs is 1. The second kappa shape index (κ2) is 10.7. The van der Waals surface area contributed by atoms with E-state index in [-0.39, 0.29) is 10.8 Å². The van der Waals surface area contributed by atoms with E-state index in [0.717, 1.165) is 35.0 Å². The van der Waals surface area contributed by atoms with Gasteiger partial charge in [-0.25, -0.2) is 13.4 Å². The first kappa shape index (κ1) is 25.6. The molecule has 0 unspecified atom stereocenters. The lowest BCUT2D eigenvalue weighted by Gasteiger charge is -2.29. The van der Waals surface area contributed by atoms with Crippen LogP contribution in [-0.2, 0) is 23.0 Å². The SMILES string of the molecule is CCc1ccc2nc(N(Cc3ccccc3)C(=O)c3ccc(S(=O)(=O)N4CCC(C)CC4)cc3)sc2c1. The van der Waals surface area contributed by atoms with E-state index in [1.54, 1.807) is 33.5 Å². The summed E-state index contributed by atoms with van der Waals surface area (Å²) >= 11 is 1.49. The molecule has 0 spiro atoms. The molecular formula is C29H31N3O3S2. The van der Waals surface area contributed by atoms with Crippen molar-refractivity contribution in [1.82, 2.24) is 9.29 Å². The lowest BCUT2D eigenvalue weighted by Crippen LogP contribution is -2.37. The number of carbonyl (C=O) groups is 1. The van der Waals surface area contributed by atoms with Gasteiger partial charge in [0.1, 0.15) is 0 Å². The van der Waals surface area contributed by atoms with Crippen LogP contribution in [0.25, 0.3) is 10.2 Å². The third-order valence-corrected chi connectivity index (χ3v) is 9.95. The fourth-order valence-electron chi connectivity index (χ4n) is 4.58. The van der Waals surface area contributed by atoms with E-state index < -0.39 is 10.0 Å². The number of amides is 1. The number of anilines is 1. The van der Waals surface area contributed by atoms with E-state index in [9.17, 15) is 13.2 Å². The number of thiazole rings is 1. The number of piperidine rings is 1. The van der Waals surface area contributed by atoms with Crippen LogP contribution < -0.4 is 4.90 Å². The van der Waals surface area contributed by atoms with Gasteiger partial charge in [0.2, 0.25) is 10.0 Å². The number of aryl methyl sites for hydroxylation is 1. The minimum absolute atomic E-state index is 0.214. The summed E-state index contributed by atoms with van der Waals surface area (Å²) in [4.78, 5) is 20.5. The molecule has 2 heterocycles. The normalized spacial score (nSPS) is 15.2. The van der Waals surface area contributed by atoms with Gasteiger partial charge in [-0.15, -0.1) is 0 Å². The maximum atomic E-state index is 13.8. The van der Waals surface area contributed by atoms with Crippen LogP contribution in [0.1, 0.15) is 48.2 Å². The Labute approximate surface area is 222 Å². The highest BCUT2D eigenvalue weighted by Crippen LogP contribution is 2.32. The zero-order valence-electron chi connectivity index (χ0n) is 21.1. The summed E-state index contributed by atoms with van der Waals surface area (Å²) in [7, 11) is -3.57. The maximum Gasteiger partial charge on any atom is 0.260 e. The fourth-order valence-corrected chi connectivity index (χ4v) is 7.08. The van der Waals surface area contributed by atoms with Gasteiger partial charge in [-0.3, -0.25) is 9.69 Å². The van der Waals surface area contributed by atoms with Gasteiger partial charge in [-0.1, -0.05) is 61.6 Å². The molecule has 5 rings (SSSR count). The van der Waals surface area contributed by atoms with Gasteiger partial charge in [-0.2, -0.15) is 4.31 Å². The molecule has 6 nitrogen and oxygen atoms in total. The Balaban J connectivity index is 1.45. The average molecular weight is 534 g/mol. The number of aromatic nitrogens is 1. The van der Waals surface area contributed by atoms with Gasteiger partial charge in [0.05, 0.1) is 21.7 Å². The molecule has 37 heavy (non-hydrogen) atoms. The lowest BCUT2D eigenvalue weighted by molar-refractivity contribution is 0.0985. The minimum Gasteiger partial charge on any atom is -0.279 e. The molecule has 0 N–H and O–H groups in total. The summed E-state index contributed by atoms with van der Waals surface area (Å²) in [5, 5.41) is 0.622. The summed E-state index contributed by atoms with van der Waals surface area (Å²) < 4.78 is 28.9. The van der Waals surface area contributed by atoms with Crippen molar-refractivity contribution in [1.29, 1.82) is 0 Å². The van der Waals surface area contributed by atoms with E-state index in [2.05, 4.69) is 26.0 Å². The highest BCUT2D eigenvalue weighted by atomic mass is 32.2. The number of nitrogens with zero attached hydrogens (tertiary/aromatic N) is 3. The van der Waals surface area contributed by atoms with Crippen molar-refractivity contribution in [3.8, 4) is 0 Å². The molecule has 0 saturated carbocycles. The Hall–Kier alpha value is -3.07. The van der Waals surface area contributed by atoms with Crippen molar-refractivity contribution in [3.63, 3.8) is 0 Å². The van der Waals surface area contributed by atoms with E-state index in [4.69, 9.17) is 4.98 Å². The van der Waals surface area contributed by atoms with Crippen LogP contribution in [0.4, 0.5) is 5.13 Å². The molecule has 0 radical (unpaired) electrons. The maximum absolute atomic E-state index is 13.8. The Morgan fingerprint density at radius 1 is 1.00 bits per heavy atom. The van der Waals surface area contributed by atoms with Gasteiger partial charge in [0.15, 0.2) is 5.13 Å². The third-order valence-electron chi connectivity index (χ3n) is 6.99. The summed E-state index contributed by atoms with van der Waals surface area (Å²) in [6, 6.07) is 22.3. The van der Waals surface area contributed by atoms with Crippen molar-refractivity contribution in [3.05, 3.63) is 89.5 Å². The first-order chi connectivity index (χ1) is 17.8. The number of benzene rings is 3. The minimum atomic E-state index is -3.57. The second-order valence-corrected chi connectivity index (χ2v) is 12.6. The summed E-state index contributed by atoms with van der Waals surface area (Å²) in [5.41, 5.74) is 3.50. The molecule has 0 aliphatic carbocycles. The summed E-state index contributed by atoms with van der Waals surface area (Å²) in [5.74, 6) is 0.326. The average Bonchev–Trinajstić information content (AvgIpc) is 3.35. The zero-order chi connectivity index (χ0) is 26.0. The van der Waals surface area contributed by atoms with Gasteiger partial charge < -0.3 is 0 Å². The molecule has 8 heteroatoms. The number of carbonyl (C=O) groups excluding carboxylic acids is 1. The number of rotatable bonds is 7. The Bertz CT molecular complexity index is 1490. The van der Waals surface area contributed by atoms with Crippen molar-refractivity contribution in [2.45, 2.75) is 44.6 Å². The van der Waals surface area contributed by atoms with Crippen LogP contribution in [0, 0.1) is 5.92 Å². The Kier molecular flexibility index (Phi) is 7.42. The van der Waals surface area contributed by atoms with Crippen LogP contribution in [0.15, 0.2) is 77.7 Å². The molecule has 3 aromatic carbocycles. The third kappa shape index (κ3) is 5.46. The molecule has 1 saturated heterocycles. The Morgan fingerprint density at radius 2 is 1.70 bits per heavy atom. The monoisotopic (exact) mass is 533 g/mol. The van der Waals surface area contributed by atoms with Crippen molar-refractivity contribution >= 4 is 42.6 Å². The van der Waals surface area contributed by atoms with Gasteiger partial charge >= 0.3 is 0 Å². The molecular weight excluding hydrogens is 502 g/mol. The molecule has 192 valence electrons.